The third kappa shape index (κ3) is 2.53. The van der Waals surface area contributed by atoms with Gasteiger partial charge in [0.25, 0.3) is 0 Å². The molecule has 1 fully saturated rings. The van der Waals surface area contributed by atoms with Crippen LogP contribution in [0.2, 0.25) is 5.02 Å². The summed E-state index contributed by atoms with van der Waals surface area (Å²) in [6, 6.07) is 7.39. The van der Waals surface area contributed by atoms with Gasteiger partial charge in [-0.05, 0) is 37.1 Å². The van der Waals surface area contributed by atoms with Crippen molar-refractivity contribution in [2.45, 2.75) is 31.3 Å². The second kappa shape index (κ2) is 4.99. The zero-order chi connectivity index (χ0) is 13.3. The first-order valence-electron chi connectivity index (χ1n) is 6.56. The molecule has 2 aromatic rings. The molecule has 1 heterocycles. The van der Waals surface area contributed by atoms with E-state index in [4.69, 9.17) is 16.3 Å². The van der Waals surface area contributed by atoms with Crippen LogP contribution >= 0.6 is 11.6 Å². The minimum Gasteiger partial charge on any atom is -0.488 e. The molecule has 1 saturated carbocycles. The third-order valence-electron chi connectivity index (χ3n) is 3.71. The predicted octanol–water partition coefficient (Wildman–Crippen LogP) is 3.57. The highest BCUT2D eigenvalue weighted by atomic mass is 35.5. The van der Waals surface area contributed by atoms with Crippen LogP contribution in [0.3, 0.4) is 0 Å². The Kier molecular flexibility index (Phi) is 3.33. The first-order valence-corrected chi connectivity index (χ1v) is 6.94. The number of pyridine rings is 1. The molecule has 0 atom stereocenters. The van der Waals surface area contributed by atoms with Crippen molar-refractivity contribution in [3.8, 4) is 5.75 Å². The SMILES string of the molecule is OC1(COc2ccc(Cl)c3cccnc23)CCCC1. The van der Waals surface area contributed by atoms with Crippen molar-refractivity contribution in [1.82, 2.24) is 4.98 Å². The van der Waals surface area contributed by atoms with Crippen LogP contribution in [0.25, 0.3) is 10.9 Å². The molecule has 1 N–H and O–H groups in total. The number of aliphatic hydroxyl groups is 1. The Bertz CT molecular complexity index is 594. The maximum absolute atomic E-state index is 10.3. The fourth-order valence-corrected chi connectivity index (χ4v) is 2.83. The molecule has 0 spiro atoms. The topological polar surface area (TPSA) is 42.4 Å². The summed E-state index contributed by atoms with van der Waals surface area (Å²) in [5.74, 6) is 0.681. The second-order valence-electron chi connectivity index (χ2n) is 5.17. The normalized spacial score (nSPS) is 17.8. The van der Waals surface area contributed by atoms with Crippen LogP contribution in [0.15, 0.2) is 30.5 Å². The molecule has 1 aliphatic rings. The molecule has 0 bridgehead atoms. The molecule has 0 amide bonds. The Morgan fingerprint density at radius 2 is 2.05 bits per heavy atom. The van der Waals surface area contributed by atoms with Gasteiger partial charge < -0.3 is 9.84 Å². The largest absolute Gasteiger partial charge is 0.488 e. The Balaban J connectivity index is 1.87. The molecule has 100 valence electrons. The van der Waals surface area contributed by atoms with E-state index in [0.29, 0.717) is 17.4 Å². The molecule has 0 aliphatic heterocycles. The van der Waals surface area contributed by atoms with Crippen molar-refractivity contribution >= 4 is 22.5 Å². The number of hydrogen-bond donors (Lipinski definition) is 1. The predicted molar refractivity (Wildman–Crippen MR) is 75.7 cm³/mol. The number of rotatable bonds is 3. The molecule has 19 heavy (non-hydrogen) atoms. The highest BCUT2D eigenvalue weighted by Gasteiger charge is 2.32. The lowest BCUT2D eigenvalue weighted by Gasteiger charge is -2.22. The molecule has 0 saturated heterocycles. The van der Waals surface area contributed by atoms with E-state index in [-0.39, 0.29) is 0 Å². The monoisotopic (exact) mass is 277 g/mol. The van der Waals surface area contributed by atoms with E-state index >= 15 is 0 Å². The summed E-state index contributed by atoms with van der Waals surface area (Å²) in [5, 5.41) is 11.8. The zero-order valence-corrected chi connectivity index (χ0v) is 11.4. The number of ether oxygens (including phenoxy) is 1. The minimum atomic E-state index is -0.680. The summed E-state index contributed by atoms with van der Waals surface area (Å²) in [6.45, 7) is 0.320. The van der Waals surface area contributed by atoms with Crippen LogP contribution in [0, 0.1) is 0 Å². The summed E-state index contributed by atoms with van der Waals surface area (Å²) in [4.78, 5) is 4.32. The summed E-state index contributed by atoms with van der Waals surface area (Å²) < 4.78 is 5.79. The van der Waals surface area contributed by atoms with E-state index in [1.54, 1.807) is 12.3 Å². The molecule has 1 aromatic heterocycles. The summed E-state index contributed by atoms with van der Waals surface area (Å²) >= 11 is 6.14. The summed E-state index contributed by atoms with van der Waals surface area (Å²) in [7, 11) is 0. The Morgan fingerprint density at radius 1 is 1.26 bits per heavy atom. The smallest absolute Gasteiger partial charge is 0.145 e. The van der Waals surface area contributed by atoms with Crippen LogP contribution in [-0.2, 0) is 0 Å². The molecule has 0 radical (unpaired) electrons. The first-order chi connectivity index (χ1) is 9.18. The van der Waals surface area contributed by atoms with E-state index in [1.807, 2.05) is 18.2 Å². The lowest BCUT2D eigenvalue weighted by Crippen LogP contribution is -2.32. The van der Waals surface area contributed by atoms with E-state index in [0.717, 1.165) is 36.6 Å². The van der Waals surface area contributed by atoms with Crippen molar-refractivity contribution in [3.05, 3.63) is 35.5 Å². The summed E-state index contributed by atoms with van der Waals surface area (Å²) in [5.41, 5.74) is 0.0670. The average molecular weight is 278 g/mol. The van der Waals surface area contributed by atoms with Crippen molar-refractivity contribution in [2.24, 2.45) is 0 Å². The number of fused-ring (bicyclic) bond motifs is 1. The van der Waals surface area contributed by atoms with Gasteiger partial charge in [-0.25, -0.2) is 0 Å². The quantitative estimate of drug-likeness (QED) is 0.932. The molecular weight excluding hydrogens is 262 g/mol. The van der Waals surface area contributed by atoms with Gasteiger partial charge in [0.05, 0.1) is 10.6 Å². The van der Waals surface area contributed by atoms with Gasteiger partial charge in [0, 0.05) is 11.6 Å². The Labute approximate surface area is 117 Å². The summed E-state index contributed by atoms with van der Waals surface area (Å²) in [6.07, 6.45) is 5.48. The highest BCUT2D eigenvalue weighted by molar-refractivity contribution is 6.35. The number of hydrogen-bond acceptors (Lipinski definition) is 3. The van der Waals surface area contributed by atoms with Crippen molar-refractivity contribution in [3.63, 3.8) is 0 Å². The van der Waals surface area contributed by atoms with Gasteiger partial charge >= 0.3 is 0 Å². The van der Waals surface area contributed by atoms with E-state index in [9.17, 15) is 5.11 Å². The molecule has 1 aromatic carbocycles. The molecule has 1 aliphatic carbocycles. The molecule has 4 heteroatoms. The van der Waals surface area contributed by atoms with Gasteiger partial charge in [-0.1, -0.05) is 24.4 Å². The minimum absolute atomic E-state index is 0.320. The Hall–Kier alpha value is -1.32. The number of nitrogens with zero attached hydrogens (tertiary/aromatic N) is 1. The van der Waals surface area contributed by atoms with Crippen LogP contribution < -0.4 is 4.74 Å². The number of benzene rings is 1. The lowest BCUT2D eigenvalue weighted by molar-refractivity contribution is 0.00183. The van der Waals surface area contributed by atoms with Gasteiger partial charge in [0.1, 0.15) is 17.9 Å². The van der Waals surface area contributed by atoms with E-state index < -0.39 is 5.60 Å². The van der Waals surface area contributed by atoms with Crippen molar-refractivity contribution in [1.29, 1.82) is 0 Å². The van der Waals surface area contributed by atoms with Gasteiger partial charge in [-0.15, -0.1) is 0 Å². The first kappa shape index (κ1) is 12.7. The number of aromatic nitrogens is 1. The van der Waals surface area contributed by atoms with E-state index in [1.165, 1.54) is 0 Å². The van der Waals surface area contributed by atoms with Crippen LogP contribution in [-0.4, -0.2) is 22.3 Å². The average Bonchev–Trinajstić information content (AvgIpc) is 2.86. The van der Waals surface area contributed by atoms with Gasteiger partial charge in [-0.3, -0.25) is 4.98 Å². The molecular formula is C15H16ClNO2. The van der Waals surface area contributed by atoms with Gasteiger partial charge in [0.15, 0.2) is 0 Å². The Morgan fingerprint density at radius 3 is 2.84 bits per heavy atom. The van der Waals surface area contributed by atoms with Gasteiger partial charge in [0.2, 0.25) is 0 Å². The maximum atomic E-state index is 10.3. The van der Waals surface area contributed by atoms with Crippen LogP contribution in [0.1, 0.15) is 25.7 Å². The number of halogens is 1. The zero-order valence-electron chi connectivity index (χ0n) is 10.6. The molecule has 3 rings (SSSR count). The highest BCUT2D eigenvalue weighted by Crippen LogP contribution is 2.33. The van der Waals surface area contributed by atoms with Gasteiger partial charge in [-0.2, -0.15) is 0 Å². The third-order valence-corrected chi connectivity index (χ3v) is 4.04. The van der Waals surface area contributed by atoms with E-state index in [2.05, 4.69) is 4.98 Å². The maximum Gasteiger partial charge on any atom is 0.145 e. The molecule has 3 nitrogen and oxygen atoms in total. The fraction of sp³-hybridized carbons (Fsp3) is 0.400. The molecule has 0 unspecified atom stereocenters. The van der Waals surface area contributed by atoms with Crippen LogP contribution in [0.5, 0.6) is 5.75 Å². The van der Waals surface area contributed by atoms with Crippen molar-refractivity contribution in [2.75, 3.05) is 6.61 Å². The fourth-order valence-electron chi connectivity index (χ4n) is 2.62. The van der Waals surface area contributed by atoms with Crippen LogP contribution in [0.4, 0.5) is 0 Å². The standard InChI is InChI=1S/C15H16ClNO2/c16-12-5-6-13(14-11(12)4-3-9-17-14)19-10-15(18)7-1-2-8-15/h3-6,9,18H,1-2,7-8,10H2. The lowest BCUT2D eigenvalue weighted by atomic mass is 10.0. The van der Waals surface area contributed by atoms with Crippen molar-refractivity contribution < 1.29 is 9.84 Å². The second-order valence-corrected chi connectivity index (χ2v) is 5.57.